The van der Waals surface area contributed by atoms with Crippen molar-refractivity contribution in [3.05, 3.63) is 192 Å². The van der Waals surface area contributed by atoms with E-state index in [9.17, 15) is 24.0 Å². The third-order valence-corrected chi connectivity index (χ3v) is 27.1. The van der Waals surface area contributed by atoms with Crippen LogP contribution in [-0.4, -0.2) is 180 Å². The molecular weight excluding hydrogens is 1940 g/mol. The molecule has 51 heteroatoms. The SMILES string of the molecule is C[C@@H]1OCC2(CCN(c3nc[c-]c4nccn34)CC2)[C@@H]1NC(=O)OC(C)(C)C.C[C@@H]1OCC2(CCN(c3ncc(Sc4ccc(C(N)=O)c5ccccc45)c4nccn34)CC2)[C@@H]1N.C[C@@H]1OCC2(CCN(c3ncc(Sc4ccc(C(N)=O)c5ccccc45)c4nccn34)CC2)[C@@H]1NC(=O)OC(C)(C)C.Cl.N=N/N=N/N=N/N=N/N=N/N=N/N=N/N=N/N.NC(=O)c1ccc(Br)c2ccccc12.[Na+].[SH-]. The standard InChI is InChI=1S/C31H36N6O4S.C26H28N6O2S.C20H28N5O3.C11H8BrNO.ClH.H3N17.Na.H2S/c1-19-25(35-29(39)41-30(2,3)4)31(18-40-19)11-14-36(15-12-31)28-34-17-24(27-33-13-16-37(27)28)42-23-10-9-22(26(32)38)20-7-5-6-8-21(20)23;1-16-22(27)26(15-34-16)8-11-31(12-9-26)25-30-14-21(24-29-10-13-32(24)25)35-20-7-6-19(23(28)33)17-4-2-3-5-18(17)20;1-14-16(23-18(26)28-19(2,3)4)20(13-27-14)6-10-24(11-7-20)17-22-8-5-15-21-9-12-25(15)17;12-10-6-5-9(11(13)14)7-3-1-2-4-8(7)10;;1-3-5-7-9-11-13-15-17-16-14-12-10-8-6-4-2;;/h5-10,13,16-17,19,25H,11-12,14-15,18H2,1-4H3,(H2,32,38)(H,35,39);2-7,10,13-14,16,22H,8-9,11-12,15,27H2,1H3,(H2,28,33);8-9,12,14,16H,6-7,10-11,13H2,1-4H3,(H,23,26);1-6H,(H2,13,14);1H;(H3,1,2,5,6,9,10,13,14,17);;1H2/q;;-1;;;;+1;/p-1/t19-,25+;16-,22+;14-,16+;;;;;/m000...../s1. The topological polar surface area (TPSA) is 595 Å². The number of rotatable bonds is 19. The molecule has 6 fully saturated rings. The van der Waals surface area contributed by atoms with E-state index in [4.69, 9.17) is 62.1 Å². The van der Waals surface area contributed by atoms with E-state index in [0.29, 0.717) is 29.9 Å². The van der Waals surface area contributed by atoms with Gasteiger partial charge in [-0.25, -0.2) is 29.5 Å². The number of aromatic nitrogens is 9. The number of piperidine rings is 3. The Balaban J connectivity index is 0.000000174. The number of nitrogens with two attached hydrogens (primary N) is 5. The third-order valence-electron chi connectivity index (χ3n) is 24.3. The van der Waals surface area contributed by atoms with Crippen molar-refractivity contribution in [2.75, 3.05) is 73.8 Å². The van der Waals surface area contributed by atoms with Gasteiger partial charge in [-0.3, -0.25) is 33.2 Å². The summed E-state index contributed by atoms with van der Waals surface area (Å²) in [5.74, 6) is 5.92. The molecule has 0 bridgehead atoms. The van der Waals surface area contributed by atoms with Crippen molar-refractivity contribution >= 4 is 162 Å². The average Bonchev–Trinajstić information content (AvgIpc) is 1.48. The van der Waals surface area contributed by atoms with E-state index in [-0.39, 0.29) is 114 Å². The van der Waals surface area contributed by atoms with E-state index >= 15 is 0 Å². The van der Waals surface area contributed by atoms with Crippen LogP contribution in [0.1, 0.15) is 132 Å². The van der Waals surface area contributed by atoms with Crippen LogP contribution in [0.4, 0.5) is 27.4 Å². The van der Waals surface area contributed by atoms with Crippen molar-refractivity contribution in [2.45, 2.75) is 168 Å². The molecule has 18 rings (SSSR count). The van der Waals surface area contributed by atoms with Crippen LogP contribution in [0.15, 0.2) is 267 Å². The van der Waals surface area contributed by atoms with Gasteiger partial charge in [0.05, 0.1) is 60.0 Å². The van der Waals surface area contributed by atoms with Gasteiger partial charge in [0.15, 0.2) is 11.3 Å². The van der Waals surface area contributed by atoms with Crippen LogP contribution in [0, 0.1) is 27.8 Å². The van der Waals surface area contributed by atoms with Crippen LogP contribution in [-0.2, 0) is 37.2 Å². The van der Waals surface area contributed by atoms with Gasteiger partial charge in [-0.05, 0) is 248 Å². The van der Waals surface area contributed by atoms with Crippen molar-refractivity contribution in [2.24, 2.45) is 123 Å². The Kier molecular flexibility index (Phi) is 36.9. The number of primary amides is 3. The summed E-state index contributed by atoms with van der Waals surface area (Å²) >= 11 is 6.59. The van der Waals surface area contributed by atoms with Gasteiger partial charge in [0.2, 0.25) is 35.6 Å². The maximum atomic E-state index is 12.6. The second-order valence-corrected chi connectivity index (χ2v) is 37.9. The van der Waals surface area contributed by atoms with Crippen LogP contribution in [0.25, 0.3) is 49.3 Å². The molecule has 6 aromatic heterocycles. The fraction of sp³-hybridized carbons (Fsp3) is 0.398. The monoisotopic (exact) mass is 2040 g/mol. The largest absolute Gasteiger partial charge is 1.00 e. The van der Waals surface area contributed by atoms with E-state index in [0.717, 1.165) is 176 Å². The number of fused-ring (bicyclic) bond motifs is 6. The maximum absolute atomic E-state index is 12.6. The van der Waals surface area contributed by atoms with Gasteiger partial charge in [-0.2, -0.15) is 5.53 Å². The van der Waals surface area contributed by atoms with Gasteiger partial charge >= 0.3 is 41.7 Å². The van der Waals surface area contributed by atoms with Gasteiger partial charge in [0.1, 0.15) is 11.2 Å². The number of nitrogens with one attached hydrogen (secondary N) is 3. The number of benzene rings is 6. The van der Waals surface area contributed by atoms with E-state index in [2.05, 4.69) is 163 Å². The van der Waals surface area contributed by atoms with Crippen molar-refractivity contribution in [3.8, 4) is 0 Å². The number of halogens is 2. The molecule has 6 saturated heterocycles. The Morgan fingerprint density at radius 3 is 1.20 bits per heavy atom. The van der Waals surface area contributed by atoms with Gasteiger partial charge in [-0.1, -0.05) is 117 Å². The van der Waals surface area contributed by atoms with E-state index in [1.165, 1.54) is 0 Å². The van der Waals surface area contributed by atoms with Gasteiger partial charge in [0, 0.05) is 142 Å². The molecule has 6 aromatic carbocycles. The fourth-order valence-electron chi connectivity index (χ4n) is 17.7. The number of anilines is 3. The third kappa shape index (κ3) is 25.6. The molecule has 0 radical (unpaired) electrons. The molecule has 0 saturated carbocycles. The summed E-state index contributed by atoms with van der Waals surface area (Å²) in [7, 11) is 0. The van der Waals surface area contributed by atoms with Crippen molar-refractivity contribution in [1.82, 2.24) is 53.7 Å². The average molecular weight is 2050 g/mol. The summed E-state index contributed by atoms with van der Waals surface area (Å²) in [6.07, 6.45) is 21.3. The zero-order valence-electron chi connectivity index (χ0n) is 77.8. The minimum atomic E-state index is -0.560. The molecule has 6 aliphatic heterocycles. The molecule has 139 heavy (non-hydrogen) atoms. The smallest absolute Gasteiger partial charge is 0.813 e. The molecule has 726 valence electrons. The molecule has 12 heterocycles. The van der Waals surface area contributed by atoms with E-state index < -0.39 is 35.0 Å². The minimum Gasteiger partial charge on any atom is -0.813 e. The molecular formula is C88H105BrClN35NaO10S3-. The Labute approximate surface area is 849 Å². The van der Waals surface area contributed by atoms with Crippen LogP contribution >= 0.6 is 51.9 Å². The van der Waals surface area contributed by atoms with Crippen molar-refractivity contribution in [3.63, 3.8) is 0 Å². The first-order chi connectivity index (χ1) is 65.4. The molecule has 0 aliphatic carbocycles. The van der Waals surface area contributed by atoms with Crippen molar-refractivity contribution < 1.29 is 77.2 Å². The van der Waals surface area contributed by atoms with Crippen LogP contribution in [0.3, 0.4) is 0 Å². The number of carbonyl (C=O) groups excluding carboxylic acids is 5. The first kappa shape index (κ1) is 107. The molecule has 3 spiro atoms. The van der Waals surface area contributed by atoms with E-state index in [1.54, 1.807) is 60.3 Å². The first-order valence-electron chi connectivity index (χ1n) is 43.4. The fourth-order valence-corrected chi connectivity index (χ4v) is 20.2. The summed E-state index contributed by atoms with van der Waals surface area (Å²) in [6.45, 7) is 24.3. The van der Waals surface area contributed by atoms with Crippen LogP contribution in [0.2, 0.25) is 0 Å². The quantitative estimate of drug-likeness (QED) is 0.00709. The van der Waals surface area contributed by atoms with E-state index in [1.807, 2.05) is 192 Å². The predicted molar refractivity (Wildman–Crippen MR) is 523 cm³/mol. The summed E-state index contributed by atoms with van der Waals surface area (Å²) in [5.41, 5.74) is 31.9. The number of thiol groups is 1. The summed E-state index contributed by atoms with van der Waals surface area (Å²) in [6, 6.07) is 37.2. The second kappa shape index (κ2) is 48.0. The number of imidazole rings is 3. The Hall–Kier alpha value is -12.4. The molecule has 12 aromatic rings. The molecule has 6 aliphatic rings. The Bertz CT molecular complexity index is 6580. The van der Waals surface area contributed by atoms with Gasteiger partial charge < -0.3 is 102 Å². The number of hydrogen-bond acceptors (Lipinski definition) is 25. The molecule has 5 amide bonds. The predicted octanol–water partition coefficient (Wildman–Crippen LogP) is 13.2. The number of alkyl carbamates (subject to hydrolysis) is 2. The number of ether oxygens (including phenoxy) is 5. The summed E-state index contributed by atoms with van der Waals surface area (Å²) < 4.78 is 36.0. The zero-order valence-corrected chi connectivity index (χ0v) is 84.7. The molecule has 0 unspecified atom stereocenters. The normalized spacial score (nSPS) is 19.3. The van der Waals surface area contributed by atoms with Gasteiger partial charge in [-0.15, -0.1) is 18.6 Å². The zero-order chi connectivity index (χ0) is 96.5. The second-order valence-electron chi connectivity index (χ2n) is 34.9. The molecule has 6 atom stereocenters. The Morgan fingerprint density at radius 1 is 0.468 bits per heavy atom. The number of hydrogen-bond donors (Lipinski definition) is 8. The van der Waals surface area contributed by atoms with Crippen LogP contribution in [0.5, 0.6) is 0 Å². The minimum absolute atomic E-state index is 0. The maximum Gasteiger partial charge on any atom is 1.00 e. The molecule has 13 N–H and O–H groups in total. The van der Waals surface area contributed by atoms with Gasteiger partial charge in [0.25, 0.3) is 0 Å². The van der Waals surface area contributed by atoms with Crippen LogP contribution < -0.4 is 83.7 Å². The Morgan fingerprint density at radius 2 is 0.813 bits per heavy atom. The number of amides is 5. The number of nitrogens with zero attached hydrogens (tertiary/aromatic N) is 27. The molecule has 45 nitrogen and oxygen atoms in total. The summed E-state index contributed by atoms with van der Waals surface area (Å²) in [5, 5.41) is 54.9. The first-order valence-corrected chi connectivity index (χ1v) is 45.8. The van der Waals surface area contributed by atoms with Crippen molar-refractivity contribution in [1.29, 1.82) is 5.53 Å². The number of carbonyl (C=O) groups is 5. The summed E-state index contributed by atoms with van der Waals surface area (Å²) in [4.78, 5) is 98.6.